The number of aromatic hydroxyl groups is 1. The molecule has 1 aliphatic heterocycles. The van der Waals surface area contributed by atoms with Gasteiger partial charge in [0.2, 0.25) is 5.75 Å². The van der Waals surface area contributed by atoms with Crippen molar-refractivity contribution in [2.24, 2.45) is 0 Å². The highest BCUT2D eigenvalue weighted by atomic mass is 35.5. The van der Waals surface area contributed by atoms with E-state index in [1.54, 1.807) is 33.5 Å². The topological polar surface area (TPSA) is 98.3 Å². The molecular weight excluding hydrogens is 520 g/mol. The zero-order valence-corrected chi connectivity index (χ0v) is 23.0. The van der Waals surface area contributed by atoms with Gasteiger partial charge in [0.1, 0.15) is 0 Å². The monoisotopic (exact) mass is 550 g/mol. The van der Waals surface area contributed by atoms with Crippen molar-refractivity contribution < 1.29 is 28.8 Å². The number of rotatable bonds is 7. The summed E-state index contributed by atoms with van der Waals surface area (Å²) >= 11 is 6.40. The molecule has 2 unspecified atom stereocenters. The van der Waals surface area contributed by atoms with Gasteiger partial charge >= 0.3 is 0 Å². The number of nitrogens with one attached hydrogen (secondary N) is 2. The lowest BCUT2D eigenvalue weighted by atomic mass is 9.78. The number of Topliss-reactive ketones (excluding diaryl/α,β-unsaturated/α-hetero) is 1. The lowest BCUT2D eigenvalue weighted by molar-refractivity contribution is -0.116. The maximum Gasteiger partial charge on any atom is 0.203 e. The van der Waals surface area contributed by atoms with Crippen LogP contribution in [0.25, 0.3) is 0 Å². The number of carbonyl (C=O) groups is 1. The molecule has 0 aromatic heterocycles. The normalized spacial score (nSPS) is 18.2. The predicted octanol–water partition coefficient (Wildman–Crippen LogP) is 6.45. The van der Waals surface area contributed by atoms with Crippen LogP contribution in [0.5, 0.6) is 28.7 Å². The maximum absolute atomic E-state index is 14.0. The van der Waals surface area contributed by atoms with Crippen molar-refractivity contribution in [3.05, 3.63) is 76.0 Å². The molecule has 0 bridgehead atoms. The second-order valence-electron chi connectivity index (χ2n) is 9.41. The number of carbonyl (C=O) groups excluding carboxylic acids is 1. The minimum atomic E-state index is -0.512. The fourth-order valence-corrected chi connectivity index (χ4v) is 5.56. The van der Waals surface area contributed by atoms with Crippen LogP contribution in [0.3, 0.4) is 0 Å². The van der Waals surface area contributed by atoms with Crippen molar-refractivity contribution in [3.8, 4) is 28.7 Å². The molecule has 8 nitrogen and oxygen atoms in total. The van der Waals surface area contributed by atoms with Crippen molar-refractivity contribution in [1.82, 2.24) is 0 Å². The van der Waals surface area contributed by atoms with Crippen LogP contribution in [0.15, 0.2) is 59.8 Å². The quantitative estimate of drug-likeness (QED) is 0.309. The summed E-state index contributed by atoms with van der Waals surface area (Å²) < 4.78 is 22.3. The highest BCUT2D eigenvalue weighted by Crippen LogP contribution is 2.48. The third-order valence-electron chi connectivity index (χ3n) is 7.15. The highest BCUT2D eigenvalue weighted by molar-refractivity contribution is 6.32. The predicted molar refractivity (Wildman–Crippen MR) is 151 cm³/mol. The minimum absolute atomic E-state index is 0.00466. The number of para-hydroxylation sites is 2. The average Bonchev–Trinajstić information content (AvgIpc) is 3.11. The molecule has 1 aliphatic carbocycles. The summed E-state index contributed by atoms with van der Waals surface area (Å²) in [5, 5.41) is 17.7. The van der Waals surface area contributed by atoms with Crippen molar-refractivity contribution in [2.45, 2.75) is 31.7 Å². The summed E-state index contributed by atoms with van der Waals surface area (Å²) in [6, 6.07) is 14.5. The number of phenolic OH excluding ortho intramolecular Hbond substituents is 1. The Hall–Kier alpha value is -4.04. The number of halogens is 1. The van der Waals surface area contributed by atoms with Crippen LogP contribution in [0.4, 0.5) is 11.4 Å². The number of hydrogen-bond donors (Lipinski definition) is 3. The van der Waals surface area contributed by atoms with Crippen LogP contribution in [0.2, 0.25) is 5.02 Å². The molecule has 0 amide bonds. The Balaban J connectivity index is 1.62. The zero-order chi connectivity index (χ0) is 27.7. The molecular formula is C30H31ClN2O6. The number of methoxy groups -OCH3 is 3. The number of anilines is 2. The molecule has 3 N–H and O–H groups in total. The maximum atomic E-state index is 14.0. The van der Waals surface area contributed by atoms with Crippen molar-refractivity contribution in [2.75, 3.05) is 38.6 Å². The standard InChI is InChI=1S/C30H31ClN2O6/c1-5-39-24-15-18(10-19(31)29(24)35)28-27-22(32-20-8-6-7-9-21(20)33-28)11-16(12-23(27)34)17-13-25(36-2)30(38-4)26(14-17)37-3/h6-10,13-16,28,32-33,35H,5,11-12H2,1-4H3. The molecule has 0 spiro atoms. The Morgan fingerprint density at radius 2 is 1.59 bits per heavy atom. The van der Waals surface area contributed by atoms with E-state index in [2.05, 4.69) is 10.6 Å². The smallest absolute Gasteiger partial charge is 0.203 e. The Morgan fingerprint density at radius 1 is 0.923 bits per heavy atom. The lowest BCUT2D eigenvalue weighted by Crippen LogP contribution is -2.27. The number of ether oxygens (including phenoxy) is 4. The van der Waals surface area contributed by atoms with E-state index in [-0.39, 0.29) is 34.6 Å². The number of phenols is 1. The zero-order valence-electron chi connectivity index (χ0n) is 22.3. The van der Waals surface area contributed by atoms with Crippen LogP contribution < -0.4 is 29.6 Å². The minimum Gasteiger partial charge on any atom is -0.503 e. The molecule has 2 aliphatic rings. The first kappa shape index (κ1) is 26.6. The fraction of sp³-hybridized carbons (Fsp3) is 0.300. The largest absolute Gasteiger partial charge is 0.503 e. The summed E-state index contributed by atoms with van der Waals surface area (Å²) in [4.78, 5) is 14.0. The summed E-state index contributed by atoms with van der Waals surface area (Å²) in [5.41, 5.74) is 4.78. The SMILES string of the molecule is CCOc1cc(C2Nc3ccccc3NC3=C2C(=O)CC(c2cc(OC)c(OC)c(OC)c2)C3)cc(Cl)c1O. The molecule has 0 saturated carbocycles. The summed E-state index contributed by atoms with van der Waals surface area (Å²) in [6.45, 7) is 2.19. The molecule has 0 radical (unpaired) electrons. The van der Waals surface area contributed by atoms with Gasteiger partial charge in [0.15, 0.2) is 28.8 Å². The van der Waals surface area contributed by atoms with Gasteiger partial charge in [-0.3, -0.25) is 4.79 Å². The fourth-order valence-electron chi connectivity index (χ4n) is 5.34. The van der Waals surface area contributed by atoms with E-state index in [1.165, 1.54) is 0 Å². The van der Waals surface area contributed by atoms with E-state index in [4.69, 9.17) is 30.5 Å². The van der Waals surface area contributed by atoms with Crippen LogP contribution >= 0.6 is 11.6 Å². The molecule has 0 fully saturated rings. The van der Waals surface area contributed by atoms with Gasteiger partial charge in [-0.15, -0.1) is 0 Å². The van der Waals surface area contributed by atoms with E-state index >= 15 is 0 Å². The first-order valence-corrected chi connectivity index (χ1v) is 13.1. The van der Waals surface area contributed by atoms with Crippen LogP contribution in [0, 0.1) is 0 Å². The first-order chi connectivity index (χ1) is 18.9. The second kappa shape index (κ2) is 11.0. The summed E-state index contributed by atoms with van der Waals surface area (Å²) in [7, 11) is 4.72. The Kier molecular flexibility index (Phi) is 7.48. The Labute approximate surface area is 232 Å². The van der Waals surface area contributed by atoms with Crippen LogP contribution in [-0.4, -0.2) is 38.8 Å². The number of fused-ring (bicyclic) bond motifs is 1. The molecule has 3 aromatic carbocycles. The molecule has 1 heterocycles. The van der Waals surface area contributed by atoms with E-state index in [9.17, 15) is 9.90 Å². The molecule has 0 saturated heterocycles. The molecule has 5 rings (SSSR count). The van der Waals surface area contributed by atoms with Crippen molar-refractivity contribution in [1.29, 1.82) is 0 Å². The molecule has 39 heavy (non-hydrogen) atoms. The van der Waals surface area contributed by atoms with Gasteiger partial charge in [0.05, 0.1) is 50.4 Å². The number of ketones is 1. The van der Waals surface area contributed by atoms with Gasteiger partial charge in [0, 0.05) is 17.7 Å². The van der Waals surface area contributed by atoms with Crippen LogP contribution in [0.1, 0.15) is 42.9 Å². The Bertz CT molecular complexity index is 1430. The van der Waals surface area contributed by atoms with Gasteiger partial charge in [0.25, 0.3) is 0 Å². The van der Waals surface area contributed by atoms with Gasteiger partial charge in [-0.2, -0.15) is 0 Å². The molecule has 2 atom stereocenters. The molecule has 204 valence electrons. The number of allylic oxidation sites excluding steroid dienone is 1. The third kappa shape index (κ3) is 4.92. The average molecular weight is 551 g/mol. The van der Waals surface area contributed by atoms with E-state index in [0.29, 0.717) is 41.4 Å². The van der Waals surface area contributed by atoms with E-state index in [0.717, 1.165) is 22.6 Å². The molecule has 9 heteroatoms. The second-order valence-corrected chi connectivity index (χ2v) is 9.82. The van der Waals surface area contributed by atoms with E-state index in [1.807, 2.05) is 43.3 Å². The van der Waals surface area contributed by atoms with Crippen LogP contribution in [-0.2, 0) is 4.79 Å². The highest BCUT2D eigenvalue weighted by Gasteiger charge is 2.37. The van der Waals surface area contributed by atoms with E-state index < -0.39 is 6.04 Å². The van der Waals surface area contributed by atoms with Gasteiger partial charge in [-0.05, 0) is 66.8 Å². The van der Waals surface area contributed by atoms with Gasteiger partial charge in [-0.1, -0.05) is 23.7 Å². The Morgan fingerprint density at radius 3 is 2.23 bits per heavy atom. The number of hydrogen-bond acceptors (Lipinski definition) is 8. The van der Waals surface area contributed by atoms with Gasteiger partial charge in [-0.25, -0.2) is 0 Å². The third-order valence-corrected chi connectivity index (χ3v) is 7.44. The lowest BCUT2D eigenvalue weighted by Gasteiger charge is -2.30. The first-order valence-electron chi connectivity index (χ1n) is 12.7. The number of benzene rings is 3. The van der Waals surface area contributed by atoms with Crippen molar-refractivity contribution >= 4 is 28.8 Å². The summed E-state index contributed by atoms with van der Waals surface area (Å²) in [6.07, 6.45) is 0.869. The molecule has 3 aromatic rings. The van der Waals surface area contributed by atoms with Gasteiger partial charge < -0.3 is 34.7 Å². The summed E-state index contributed by atoms with van der Waals surface area (Å²) in [5.74, 6) is 1.61. The van der Waals surface area contributed by atoms with Crippen molar-refractivity contribution in [3.63, 3.8) is 0 Å².